The maximum absolute atomic E-state index is 12.0. The molecule has 4 nitrogen and oxygen atoms in total. The van der Waals surface area contributed by atoms with Gasteiger partial charge in [0, 0.05) is 26.7 Å². The Hall–Kier alpha value is -0.770. The molecule has 0 aromatic rings. The van der Waals surface area contributed by atoms with Gasteiger partial charge < -0.3 is 15.1 Å². The molecule has 0 aliphatic carbocycles. The lowest BCUT2D eigenvalue weighted by molar-refractivity contribution is 0.136. The van der Waals surface area contributed by atoms with Crippen molar-refractivity contribution >= 4 is 6.03 Å². The van der Waals surface area contributed by atoms with Crippen LogP contribution >= 0.6 is 0 Å². The zero-order valence-corrected chi connectivity index (χ0v) is 10.1. The van der Waals surface area contributed by atoms with Crippen LogP contribution in [0.4, 0.5) is 4.79 Å². The SMILES string of the molecule is CCCN(C(=O)N(C)C)C1CCNCC1. The minimum Gasteiger partial charge on any atom is -0.331 e. The summed E-state index contributed by atoms with van der Waals surface area (Å²) in [7, 11) is 3.65. The third kappa shape index (κ3) is 3.38. The monoisotopic (exact) mass is 213 g/mol. The maximum atomic E-state index is 12.0. The van der Waals surface area contributed by atoms with Gasteiger partial charge in [-0.25, -0.2) is 4.79 Å². The summed E-state index contributed by atoms with van der Waals surface area (Å²) in [6, 6.07) is 0.588. The molecule has 0 unspecified atom stereocenters. The molecule has 2 amide bonds. The Morgan fingerprint density at radius 1 is 1.33 bits per heavy atom. The van der Waals surface area contributed by atoms with Crippen LogP contribution in [0.15, 0.2) is 0 Å². The molecule has 1 rings (SSSR count). The van der Waals surface area contributed by atoms with Crippen LogP contribution < -0.4 is 5.32 Å². The second kappa shape index (κ2) is 5.95. The fraction of sp³-hybridized carbons (Fsp3) is 0.909. The van der Waals surface area contributed by atoms with Gasteiger partial charge in [0.25, 0.3) is 0 Å². The Morgan fingerprint density at radius 3 is 2.40 bits per heavy atom. The van der Waals surface area contributed by atoms with Gasteiger partial charge >= 0.3 is 6.03 Å². The van der Waals surface area contributed by atoms with E-state index in [1.165, 1.54) is 0 Å². The number of hydrogen-bond donors (Lipinski definition) is 1. The largest absolute Gasteiger partial charge is 0.331 e. The summed E-state index contributed by atoms with van der Waals surface area (Å²) in [5, 5.41) is 3.33. The molecule has 0 bridgehead atoms. The zero-order valence-electron chi connectivity index (χ0n) is 10.1. The number of amides is 2. The van der Waals surface area contributed by atoms with Crippen LogP contribution in [-0.4, -0.2) is 55.6 Å². The maximum Gasteiger partial charge on any atom is 0.319 e. The molecule has 0 aromatic carbocycles. The van der Waals surface area contributed by atoms with Crippen molar-refractivity contribution in [2.24, 2.45) is 0 Å². The average molecular weight is 213 g/mol. The van der Waals surface area contributed by atoms with E-state index in [0.717, 1.165) is 38.9 Å². The van der Waals surface area contributed by atoms with Gasteiger partial charge in [0.05, 0.1) is 0 Å². The zero-order chi connectivity index (χ0) is 11.3. The number of piperidine rings is 1. The van der Waals surface area contributed by atoms with Crippen LogP contribution in [0.3, 0.4) is 0 Å². The highest BCUT2D eigenvalue weighted by Gasteiger charge is 2.25. The highest BCUT2D eigenvalue weighted by Crippen LogP contribution is 2.13. The Balaban J connectivity index is 2.58. The van der Waals surface area contributed by atoms with Crippen molar-refractivity contribution in [3.63, 3.8) is 0 Å². The molecule has 1 fully saturated rings. The van der Waals surface area contributed by atoms with E-state index in [1.807, 2.05) is 19.0 Å². The van der Waals surface area contributed by atoms with E-state index in [9.17, 15) is 4.79 Å². The first-order chi connectivity index (χ1) is 7.16. The highest BCUT2D eigenvalue weighted by atomic mass is 16.2. The molecule has 15 heavy (non-hydrogen) atoms. The molecule has 0 saturated carbocycles. The molecular formula is C11H23N3O. The van der Waals surface area contributed by atoms with Crippen molar-refractivity contribution in [3.05, 3.63) is 0 Å². The summed E-state index contributed by atoms with van der Waals surface area (Å²) in [6.45, 7) is 5.07. The third-order valence-corrected chi connectivity index (χ3v) is 2.84. The number of nitrogens with zero attached hydrogens (tertiary/aromatic N) is 2. The number of carbonyl (C=O) groups is 1. The summed E-state index contributed by atoms with van der Waals surface area (Å²) in [5.41, 5.74) is 0. The molecule has 1 saturated heterocycles. The minimum absolute atomic E-state index is 0.156. The lowest BCUT2D eigenvalue weighted by Crippen LogP contribution is -2.49. The predicted molar refractivity (Wildman–Crippen MR) is 62.0 cm³/mol. The van der Waals surface area contributed by atoms with Gasteiger partial charge in [0.15, 0.2) is 0 Å². The van der Waals surface area contributed by atoms with E-state index in [-0.39, 0.29) is 6.03 Å². The van der Waals surface area contributed by atoms with Crippen molar-refractivity contribution in [3.8, 4) is 0 Å². The van der Waals surface area contributed by atoms with E-state index in [2.05, 4.69) is 12.2 Å². The molecule has 1 heterocycles. The number of hydrogen-bond acceptors (Lipinski definition) is 2. The van der Waals surface area contributed by atoms with E-state index < -0.39 is 0 Å². The number of urea groups is 1. The van der Waals surface area contributed by atoms with Crippen molar-refractivity contribution in [1.82, 2.24) is 15.1 Å². The van der Waals surface area contributed by atoms with E-state index in [0.29, 0.717) is 6.04 Å². The Morgan fingerprint density at radius 2 is 1.93 bits per heavy atom. The van der Waals surface area contributed by atoms with Crippen LogP contribution in [-0.2, 0) is 0 Å². The molecule has 88 valence electrons. The average Bonchev–Trinajstić information content (AvgIpc) is 2.26. The minimum atomic E-state index is 0.156. The van der Waals surface area contributed by atoms with Gasteiger partial charge in [-0.1, -0.05) is 6.92 Å². The quantitative estimate of drug-likeness (QED) is 0.763. The Bertz CT molecular complexity index is 200. The second-order valence-electron chi connectivity index (χ2n) is 4.35. The van der Waals surface area contributed by atoms with E-state index >= 15 is 0 Å². The molecule has 0 aromatic heterocycles. The lowest BCUT2D eigenvalue weighted by atomic mass is 10.0. The van der Waals surface area contributed by atoms with Crippen LogP contribution in [0, 0.1) is 0 Å². The smallest absolute Gasteiger partial charge is 0.319 e. The fourth-order valence-corrected chi connectivity index (χ4v) is 2.05. The highest BCUT2D eigenvalue weighted by molar-refractivity contribution is 5.74. The summed E-state index contributed by atoms with van der Waals surface area (Å²) >= 11 is 0. The first-order valence-corrected chi connectivity index (χ1v) is 5.85. The van der Waals surface area contributed by atoms with Crippen molar-refractivity contribution < 1.29 is 4.79 Å². The summed E-state index contributed by atoms with van der Waals surface area (Å²) < 4.78 is 0. The first-order valence-electron chi connectivity index (χ1n) is 5.85. The summed E-state index contributed by atoms with van der Waals surface area (Å²) in [4.78, 5) is 15.7. The van der Waals surface area contributed by atoms with Gasteiger partial charge in [-0.3, -0.25) is 0 Å². The van der Waals surface area contributed by atoms with Crippen LogP contribution in [0.2, 0.25) is 0 Å². The molecule has 4 heteroatoms. The molecule has 1 N–H and O–H groups in total. The fourth-order valence-electron chi connectivity index (χ4n) is 2.05. The first kappa shape index (κ1) is 12.3. The Labute approximate surface area is 92.6 Å². The molecule has 1 aliphatic heterocycles. The van der Waals surface area contributed by atoms with Gasteiger partial charge in [0.1, 0.15) is 0 Å². The van der Waals surface area contributed by atoms with E-state index in [1.54, 1.807) is 4.90 Å². The van der Waals surface area contributed by atoms with Gasteiger partial charge in [0.2, 0.25) is 0 Å². The second-order valence-corrected chi connectivity index (χ2v) is 4.35. The van der Waals surface area contributed by atoms with Gasteiger partial charge in [-0.15, -0.1) is 0 Å². The molecule has 0 spiro atoms. The van der Waals surface area contributed by atoms with Crippen molar-refractivity contribution in [2.75, 3.05) is 33.7 Å². The molecule has 0 atom stereocenters. The normalized spacial score (nSPS) is 17.5. The summed E-state index contributed by atoms with van der Waals surface area (Å²) in [5.74, 6) is 0. The van der Waals surface area contributed by atoms with Gasteiger partial charge in [-0.05, 0) is 32.4 Å². The van der Waals surface area contributed by atoms with Crippen LogP contribution in [0.25, 0.3) is 0 Å². The molecular weight excluding hydrogens is 190 g/mol. The van der Waals surface area contributed by atoms with Gasteiger partial charge in [-0.2, -0.15) is 0 Å². The Kier molecular flexibility index (Phi) is 4.88. The van der Waals surface area contributed by atoms with Crippen LogP contribution in [0.5, 0.6) is 0 Å². The van der Waals surface area contributed by atoms with Crippen LogP contribution in [0.1, 0.15) is 26.2 Å². The number of carbonyl (C=O) groups excluding carboxylic acids is 1. The standard InChI is InChI=1S/C11H23N3O/c1-4-9-14(11(15)13(2)3)10-5-7-12-8-6-10/h10,12H,4-9H2,1-3H3. The lowest BCUT2D eigenvalue weighted by Gasteiger charge is -2.36. The number of nitrogens with one attached hydrogen (secondary N) is 1. The third-order valence-electron chi connectivity index (χ3n) is 2.84. The summed E-state index contributed by atoms with van der Waals surface area (Å²) in [6.07, 6.45) is 3.20. The molecule has 0 radical (unpaired) electrons. The predicted octanol–water partition coefficient (Wildman–Crippen LogP) is 1.13. The topological polar surface area (TPSA) is 35.6 Å². The number of rotatable bonds is 3. The van der Waals surface area contributed by atoms with Crippen molar-refractivity contribution in [2.45, 2.75) is 32.2 Å². The molecule has 1 aliphatic rings. The van der Waals surface area contributed by atoms with E-state index in [4.69, 9.17) is 0 Å². The van der Waals surface area contributed by atoms with Crippen molar-refractivity contribution in [1.29, 1.82) is 0 Å².